The standard InChI is InChI=1S/C19H15Cl2F3N2O/c20-16-6-3-12(7-17(16)21)15-8-13(26-18(15)19(22,23)24)10-27-14-4-1-11(9-25)2-5-14/h1-7,13,15,18,26H,8,10H2. The molecule has 0 spiro atoms. The van der Waals surface area contributed by atoms with E-state index in [0.717, 1.165) is 0 Å². The van der Waals surface area contributed by atoms with Crippen LogP contribution in [0.1, 0.15) is 23.5 Å². The lowest BCUT2D eigenvalue weighted by molar-refractivity contribution is -0.156. The molecule has 0 amide bonds. The maximum Gasteiger partial charge on any atom is 0.404 e. The van der Waals surface area contributed by atoms with Gasteiger partial charge < -0.3 is 4.74 Å². The SMILES string of the molecule is N#Cc1ccc(OCC2CC(c3ccc(Cl)c(Cl)c3)C(C(F)(F)F)N2)cc1. The molecule has 0 bridgehead atoms. The van der Waals surface area contributed by atoms with E-state index in [0.29, 0.717) is 21.9 Å². The normalized spacial score (nSPS) is 22.4. The van der Waals surface area contributed by atoms with Crippen molar-refractivity contribution in [3.05, 3.63) is 63.6 Å². The molecule has 3 rings (SSSR count). The fraction of sp³-hybridized carbons (Fsp3) is 0.316. The van der Waals surface area contributed by atoms with Crippen molar-refractivity contribution in [2.24, 2.45) is 0 Å². The zero-order valence-corrected chi connectivity index (χ0v) is 15.4. The molecule has 1 aliphatic rings. The van der Waals surface area contributed by atoms with Crippen LogP contribution in [0.4, 0.5) is 13.2 Å². The maximum atomic E-state index is 13.5. The number of hydrogen-bond acceptors (Lipinski definition) is 3. The molecule has 1 N–H and O–H groups in total. The highest BCUT2D eigenvalue weighted by Crippen LogP contribution is 2.41. The van der Waals surface area contributed by atoms with Crippen molar-refractivity contribution >= 4 is 23.2 Å². The van der Waals surface area contributed by atoms with Gasteiger partial charge in [-0.3, -0.25) is 5.32 Å². The highest BCUT2D eigenvalue weighted by atomic mass is 35.5. The van der Waals surface area contributed by atoms with Gasteiger partial charge >= 0.3 is 6.18 Å². The third-order valence-corrected chi connectivity index (χ3v) is 5.25. The second kappa shape index (κ2) is 7.97. The van der Waals surface area contributed by atoms with Gasteiger partial charge in [-0.2, -0.15) is 18.4 Å². The first-order valence-electron chi connectivity index (χ1n) is 8.18. The van der Waals surface area contributed by atoms with E-state index in [2.05, 4.69) is 5.32 Å². The molecule has 0 saturated carbocycles. The van der Waals surface area contributed by atoms with Crippen molar-refractivity contribution in [2.75, 3.05) is 6.61 Å². The number of halogens is 5. The van der Waals surface area contributed by atoms with Crippen LogP contribution in [0.2, 0.25) is 10.0 Å². The van der Waals surface area contributed by atoms with Crippen LogP contribution in [-0.4, -0.2) is 24.9 Å². The van der Waals surface area contributed by atoms with E-state index >= 15 is 0 Å². The van der Waals surface area contributed by atoms with E-state index in [1.165, 1.54) is 12.1 Å². The van der Waals surface area contributed by atoms with Crippen LogP contribution < -0.4 is 10.1 Å². The number of benzene rings is 2. The third kappa shape index (κ3) is 4.67. The fourth-order valence-corrected chi connectivity index (χ4v) is 3.52. The van der Waals surface area contributed by atoms with Crippen molar-refractivity contribution in [1.29, 1.82) is 5.26 Å². The molecule has 3 unspecified atom stereocenters. The minimum atomic E-state index is -4.40. The molecule has 3 atom stereocenters. The fourth-order valence-electron chi connectivity index (χ4n) is 3.21. The molecule has 1 heterocycles. The van der Waals surface area contributed by atoms with Gasteiger partial charge in [0.15, 0.2) is 0 Å². The molecule has 2 aromatic carbocycles. The first-order valence-corrected chi connectivity index (χ1v) is 8.94. The summed E-state index contributed by atoms with van der Waals surface area (Å²) in [6, 6.07) is 10.8. The molecule has 8 heteroatoms. The number of ether oxygens (including phenoxy) is 1. The first kappa shape index (κ1) is 19.8. The summed E-state index contributed by atoms with van der Waals surface area (Å²) < 4.78 is 46.1. The van der Waals surface area contributed by atoms with Gasteiger partial charge in [0.05, 0.1) is 21.7 Å². The quantitative estimate of drug-likeness (QED) is 0.735. The van der Waals surface area contributed by atoms with Gasteiger partial charge in [0.2, 0.25) is 0 Å². The number of nitrogens with zero attached hydrogens (tertiary/aromatic N) is 1. The molecule has 1 aliphatic heterocycles. The second-order valence-electron chi connectivity index (χ2n) is 6.35. The Morgan fingerprint density at radius 3 is 2.41 bits per heavy atom. The molecule has 0 radical (unpaired) electrons. The predicted octanol–water partition coefficient (Wildman–Crippen LogP) is 5.32. The summed E-state index contributed by atoms with van der Waals surface area (Å²) in [6.07, 6.45) is -4.15. The lowest BCUT2D eigenvalue weighted by atomic mass is 9.90. The summed E-state index contributed by atoms with van der Waals surface area (Å²) in [5, 5.41) is 11.9. The van der Waals surface area contributed by atoms with E-state index in [-0.39, 0.29) is 18.1 Å². The van der Waals surface area contributed by atoms with Crippen molar-refractivity contribution < 1.29 is 17.9 Å². The largest absolute Gasteiger partial charge is 0.492 e. The Balaban J connectivity index is 1.72. The van der Waals surface area contributed by atoms with Crippen LogP contribution in [0, 0.1) is 11.3 Å². The number of nitrogens with one attached hydrogen (secondary N) is 1. The Bertz CT molecular complexity index is 850. The Hall–Kier alpha value is -1.94. The zero-order valence-electron chi connectivity index (χ0n) is 13.9. The Labute approximate surface area is 164 Å². The van der Waals surface area contributed by atoms with Gasteiger partial charge in [-0.25, -0.2) is 0 Å². The first-order chi connectivity index (χ1) is 12.8. The summed E-state index contributed by atoms with van der Waals surface area (Å²) in [4.78, 5) is 0. The van der Waals surface area contributed by atoms with Crippen LogP contribution >= 0.6 is 23.2 Å². The van der Waals surface area contributed by atoms with Gasteiger partial charge in [0, 0.05) is 12.0 Å². The number of nitriles is 1. The van der Waals surface area contributed by atoms with E-state index in [1.54, 1.807) is 30.3 Å². The lowest BCUT2D eigenvalue weighted by Crippen LogP contribution is -2.44. The van der Waals surface area contributed by atoms with E-state index in [9.17, 15) is 13.2 Å². The number of hydrogen-bond donors (Lipinski definition) is 1. The van der Waals surface area contributed by atoms with Crippen LogP contribution in [0.25, 0.3) is 0 Å². The summed E-state index contributed by atoms with van der Waals surface area (Å²) in [5.74, 6) is -0.285. The molecule has 1 saturated heterocycles. The second-order valence-corrected chi connectivity index (χ2v) is 7.16. The van der Waals surface area contributed by atoms with Crippen LogP contribution in [-0.2, 0) is 0 Å². The topological polar surface area (TPSA) is 45.0 Å². The molecule has 142 valence electrons. The lowest BCUT2D eigenvalue weighted by Gasteiger charge is -2.23. The van der Waals surface area contributed by atoms with Crippen molar-refractivity contribution in [2.45, 2.75) is 30.6 Å². The van der Waals surface area contributed by atoms with Crippen molar-refractivity contribution in [3.8, 4) is 11.8 Å². The average Bonchev–Trinajstić information content (AvgIpc) is 3.07. The van der Waals surface area contributed by atoms with Gasteiger partial charge in [-0.1, -0.05) is 29.3 Å². The average molecular weight is 415 g/mol. The molecule has 2 aromatic rings. The zero-order chi connectivity index (χ0) is 19.6. The predicted molar refractivity (Wildman–Crippen MR) is 97.2 cm³/mol. The molecule has 0 aromatic heterocycles. The van der Waals surface area contributed by atoms with Gasteiger partial charge in [-0.15, -0.1) is 0 Å². The van der Waals surface area contributed by atoms with Gasteiger partial charge in [0.25, 0.3) is 0 Å². The van der Waals surface area contributed by atoms with Crippen molar-refractivity contribution in [1.82, 2.24) is 5.32 Å². The summed E-state index contributed by atoms with van der Waals surface area (Å²) in [6.45, 7) is 0.0797. The summed E-state index contributed by atoms with van der Waals surface area (Å²) >= 11 is 11.8. The molecular weight excluding hydrogens is 400 g/mol. The third-order valence-electron chi connectivity index (χ3n) is 4.52. The summed E-state index contributed by atoms with van der Waals surface area (Å²) in [5.41, 5.74) is 0.971. The number of alkyl halides is 3. The van der Waals surface area contributed by atoms with Crippen molar-refractivity contribution in [3.63, 3.8) is 0 Å². The summed E-state index contributed by atoms with van der Waals surface area (Å²) in [7, 11) is 0. The molecule has 3 nitrogen and oxygen atoms in total. The highest BCUT2D eigenvalue weighted by molar-refractivity contribution is 6.42. The highest BCUT2D eigenvalue weighted by Gasteiger charge is 2.50. The van der Waals surface area contributed by atoms with E-state index in [4.69, 9.17) is 33.2 Å². The van der Waals surface area contributed by atoms with Gasteiger partial charge in [-0.05, 0) is 48.4 Å². The van der Waals surface area contributed by atoms with Crippen LogP contribution in [0.3, 0.4) is 0 Å². The molecular formula is C19H15Cl2F3N2O. The number of rotatable bonds is 4. The Morgan fingerprint density at radius 1 is 1.11 bits per heavy atom. The molecule has 1 fully saturated rings. The Kier molecular flexibility index (Phi) is 5.85. The smallest absolute Gasteiger partial charge is 0.404 e. The monoisotopic (exact) mass is 414 g/mol. The molecule has 27 heavy (non-hydrogen) atoms. The van der Waals surface area contributed by atoms with E-state index in [1.807, 2.05) is 6.07 Å². The molecule has 0 aliphatic carbocycles. The van der Waals surface area contributed by atoms with Crippen LogP contribution in [0.15, 0.2) is 42.5 Å². The van der Waals surface area contributed by atoms with Crippen LogP contribution in [0.5, 0.6) is 5.75 Å². The van der Waals surface area contributed by atoms with Gasteiger partial charge in [0.1, 0.15) is 18.4 Å². The Morgan fingerprint density at radius 2 is 1.81 bits per heavy atom. The van der Waals surface area contributed by atoms with E-state index < -0.39 is 24.2 Å². The minimum absolute atomic E-state index is 0.0797. The maximum absolute atomic E-state index is 13.5. The minimum Gasteiger partial charge on any atom is -0.492 e.